The van der Waals surface area contributed by atoms with E-state index in [4.69, 9.17) is 9.84 Å². The summed E-state index contributed by atoms with van der Waals surface area (Å²) in [5.74, 6) is -3.43. The largest absolute Gasteiger partial charge is 0.476 e. The summed E-state index contributed by atoms with van der Waals surface area (Å²) in [6.45, 7) is 4.24. The maximum absolute atomic E-state index is 13.8. The highest BCUT2D eigenvalue weighted by Gasteiger charge is 2.43. The summed E-state index contributed by atoms with van der Waals surface area (Å²) in [5, 5.41) is 8.85. The minimum Gasteiger partial charge on any atom is -0.476 e. The Hall–Kier alpha value is -2.07. The highest BCUT2D eigenvalue weighted by atomic mass is 32.3. The van der Waals surface area contributed by atoms with E-state index >= 15 is 0 Å². The van der Waals surface area contributed by atoms with E-state index in [1.807, 2.05) is 6.07 Å². The van der Waals surface area contributed by atoms with Crippen LogP contribution in [-0.4, -0.2) is 32.2 Å². The van der Waals surface area contributed by atoms with Gasteiger partial charge in [-0.2, -0.15) is 15.0 Å². The van der Waals surface area contributed by atoms with E-state index in [2.05, 4.69) is 13.8 Å². The van der Waals surface area contributed by atoms with Gasteiger partial charge in [-0.15, -0.1) is 11.8 Å². The molecule has 0 spiro atoms. The molecule has 5 nitrogen and oxygen atoms in total. The highest BCUT2D eigenvalue weighted by molar-refractivity contribution is 8.24. The van der Waals surface area contributed by atoms with E-state index in [-0.39, 0.29) is 28.7 Å². The lowest BCUT2D eigenvalue weighted by atomic mass is 9.70. The first-order chi connectivity index (χ1) is 17.6. The first-order valence-electron chi connectivity index (χ1n) is 12.5. The van der Waals surface area contributed by atoms with Crippen molar-refractivity contribution in [3.05, 3.63) is 65.4 Å². The second kappa shape index (κ2) is 12.7. The number of fused-ring (bicyclic) bond motifs is 1. The summed E-state index contributed by atoms with van der Waals surface area (Å²) in [6.07, 6.45) is 8.56. The van der Waals surface area contributed by atoms with Crippen molar-refractivity contribution in [3.63, 3.8) is 0 Å². The maximum atomic E-state index is 13.8. The minimum absolute atomic E-state index is 0.148. The van der Waals surface area contributed by atoms with Crippen LogP contribution in [-0.2, 0) is 4.79 Å². The number of carbonyl (C=O) groups is 1. The topological polar surface area (TPSA) is 87.0 Å². The number of hydrogen-bond acceptors (Lipinski definition) is 5. The molecule has 0 aliphatic carbocycles. The summed E-state index contributed by atoms with van der Waals surface area (Å²) >= 11 is 1.32. The fourth-order valence-corrected chi connectivity index (χ4v) is 8.05. The molecule has 0 saturated heterocycles. The van der Waals surface area contributed by atoms with Crippen molar-refractivity contribution in [2.75, 3.05) is 12.0 Å². The Morgan fingerprint density at radius 1 is 1.16 bits per heavy atom. The standard InChI is InChI=1S/C28H36F2O5S2/c1-4-6-12-28(13-7-5-2)16-22(19-8-10-20(29)11-9-19)21-14-25(36-3)24(35-17-23(30)27(31)32)15-26(21)37(33,34)18-28/h8-11,14-15,17,22,33-34H,4-7,12-13,16,18H2,1-3H3,(H,31,32). The fourth-order valence-electron chi connectivity index (χ4n) is 5.21. The van der Waals surface area contributed by atoms with Crippen LogP contribution < -0.4 is 4.74 Å². The summed E-state index contributed by atoms with van der Waals surface area (Å²) in [6, 6.07) is 9.67. The van der Waals surface area contributed by atoms with Gasteiger partial charge in [0.25, 0.3) is 0 Å². The number of benzene rings is 2. The van der Waals surface area contributed by atoms with E-state index in [1.165, 1.54) is 30.0 Å². The van der Waals surface area contributed by atoms with Gasteiger partial charge in [-0.3, -0.25) is 9.11 Å². The Morgan fingerprint density at radius 2 is 1.78 bits per heavy atom. The van der Waals surface area contributed by atoms with Gasteiger partial charge in [0, 0.05) is 17.7 Å². The lowest BCUT2D eigenvalue weighted by Gasteiger charge is -2.42. The van der Waals surface area contributed by atoms with Gasteiger partial charge in [0.1, 0.15) is 17.8 Å². The zero-order valence-corrected chi connectivity index (χ0v) is 23.1. The number of unbranched alkanes of at least 4 members (excludes halogenated alkanes) is 2. The third-order valence-corrected chi connectivity index (χ3v) is 9.89. The molecule has 3 rings (SSSR count). The third-order valence-electron chi connectivity index (χ3n) is 7.06. The molecule has 2 aromatic rings. The smallest absolute Gasteiger partial charge is 0.368 e. The molecule has 1 aliphatic rings. The van der Waals surface area contributed by atoms with Crippen molar-refractivity contribution in [2.24, 2.45) is 5.41 Å². The molecule has 0 amide bonds. The molecular formula is C28H36F2O5S2. The number of carboxylic acids is 1. The quantitative estimate of drug-likeness (QED) is 0.146. The van der Waals surface area contributed by atoms with Crippen molar-refractivity contribution in [3.8, 4) is 5.75 Å². The van der Waals surface area contributed by atoms with E-state index in [0.717, 1.165) is 49.7 Å². The molecule has 0 radical (unpaired) electrons. The molecule has 2 aromatic carbocycles. The molecule has 1 atom stereocenters. The number of thioether (sulfide) groups is 1. The van der Waals surface area contributed by atoms with E-state index in [9.17, 15) is 22.7 Å². The van der Waals surface area contributed by atoms with Crippen molar-refractivity contribution in [1.82, 2.24) is 0 Å². The summed E-state index contributed by atoms with van der Waals surface area (Å²) in [4.78, 5) is 11.8. The van der Waals surface area contributed by atoms with E-state index in [0.29, 0.717) is 22.5 Å². The van der Waals surface area contributed by atoms with Gasteiger partial charge in [-0.25, -0.2) is 9.18 Å². The number of rotatable bonds is 11. The first-order valence-corrected chi connectivity index (χ1v) is 15.5. The molecule has 0 saturated carbocycles. The monoisotopic (exact) mass is 554 g/mol. The van der Waals surface area contributed by atoms with E-state index < -0.39 is 22.4 Å². The molecule has 1 heterocycles. The van der Waals surface area contributed by atoms with Crippen molar-refractivity contribution >= 4 is 28.3 Å². The maximum Gasteiger partial charge on any atom is 0.368 e. The van der Waals surface area contributed by atoms with Crippen LogP contribution in [0.5, 0.6) is 5.75 Å². The van der Waals surface area contributed by atoms with Gasteiger partial charge in [0.2, 0.25) is 5.83 Å². The first kappa shape index (κ1) is 29.5. The van der Waals surface area contributed by atoms with Crippen LogP contribution in [0, 0.1) is 11.2 Å². The average Bonchev–Trinajstić information content (AvgIpc) is 2.96. The summed E-state index contributed by atoms with van der Waals surface area (Å²) in [5.41, 5.74) is 1.27. The molecular weight excluding hydrogens is 518 g/mol. The molecule has 37 heavy (non-hydrogen) atoms. The van der Waals surface area contributed by atoms with Crippen molar-refractivity contribution in [1.29, 1.82) is 0 Å². The predicted molar refractivity (Wildman–Crippen MR) is 146 cm³/mol. The summed E-state index contributed by atoms with van der Waals surface area (Å²) in [7, 11) is -3.29. The number of ether oxygens (including phenoxy) is 1. The van der Waals surface area contributed by atoms with Crippen LogP contribution in [0.3, 0.4) is 0 Å². The Balaban J connectivity index is 2.23. The van der Waals surface area contributed by atoms with Crippen LogP contribution in [0.15, 0.2) is 58.3 Å². The molecule has 9 heteroatoms. The Morgan fingerprint density at radius 3 is 2.32 bits per heavy atom. The lowest BCUT2D eigenvalue weighted by Crippen LogP contribution is -2.29. The van der Waals surface area contributed by atoms with Crippen molar-refractivity contribution < 1.29 is 32.5 Å². The number of carboxylic acid groups (broad SMARTS) is 1. The molecule has 0 fully saturated rings. The average molecular weight is 555 g/mol. The van der Waals surface area contributed by atoms with Crippen LogP contribution in [0.4, 0.5) is 8.78 Å². The van der Waals surface area contributed by atoms with Gasteiger partial charge in [-0.1, -0.05) is 51.7 Å². The second-order valence-electron chi connectivity index (χ2n) is 9.76. The Labute approximate surface area is 223 Å². The Kier molecular flexibility index (Phi) is 10.1. The van der Waals surface area contributed by atoms with Crippen LogP contribution in [0.2, 0.25) is 0 Å². The number of hydrogen-bond donors (Lipinski definition) is 3. The molecule has 204 valence electrons. The molecule has 3 N–H and O–H groups in total. The van der Waals surface area contributed by atoms with Crippen LogP contribution in [0.25, 0.3) is 0 Å². The van der Waals surface area contributed by atoms with E-state index in [1.54, 1.807) is 18.4 Å². The molecule has 1 aliphatic heterocycles. The molecule has 1 unspecified atom stereocenters. The fraction of sp³-hybridized carbons (Fsp3) is 0.464. The number of aliphatic carboxylic acids is 1. The predicted octanol–water partition coefficient (Wildman–Crippen LogP) is 8.83. The van der Waals surface area contributed by atoms with Gasteiger partial charge in [-0.05, 0) is 60.3 Å². The lowest BCUT2D eigenvalue weighted by molar-refractivity contribution is -0.134. The van der Waals surface area contributed by atoms with Gasteiger partial charge in [0.15, 0.2) is 0 Å². The molecule has 0 bridgehead atoms. The van der Waals surface area contributed by atoms with Crippen LogP contribution in [0.1, 0.15) is 75.8 Å². The number of halogens is 2. The van der Waals surface area contributed by atoms with Gasteiger partial charge in [0.05, 0.1) is 9.79 Å². The Bertz CT molecular complexity index is 1110. The molecule has 0 aromatic heterocycles. The van der Waals surface area contributed by atoms with Crippen LogP contribution >= 0.6 is 22.4 Å². The zero-order chi connectivity index (χ0) is 27.2. The van der Waals surface area contributed by atoms with Gasteiger partial charge < -0.3 is 9.84 Å². The summed E-state index contributed by atoms with van der Waals surface area (Å²) < 4.78 is 56.2. The van der Waals surface area contributed by atoms with Crippen molar-refractivity contribution in [2.45, 2.75) is 74.5 Å². The minimum atomic E-state index is -3.29. The SMILES string of the molecule is CCCCC1(CCCC)CC(c2ccc(F)cc2)c2cc(SC)c(OC=C(F)C(=O)O)cc2S(O)(O)C1. The highest BCUT2D eigenvalue weighted by Crippen LogP contribution is 2.63. The second-order valence-corrected chi connectivity index (χ2v) is 12.7. The zero-order valence-electron chi connectivity index (χ0n) is 21.5. The third kappa shape index (κ3) is 7.07. The van der Waals surface area contributed by atoms with Gasteiger partial charge >= 0.3 is 5.97 Å². The normalized spacial score (nSPS) is 19.5.